The second-order valence-corrected chi connectivity index (χ2v) is 6.28. The molecule has 0 atom stereocenters. The average Bonchev–Trinajstić information content (AvgIpc) is 2.38. The molecule has 0 spiro atoms. The molecule has 4 nitrogen and oxygen atoms in total. The number of hydrogen-bond acceptors (Lipinski definition) is 3. The van der Waals surface area contributed by atoms with Crippen LogP contribution >= 0.6 is 50.7 Å². The van der Waals surface area contributed by atoms with Gasteiger partial charge in [-0.1, -0.05) is 56.8 Å². The van der Waals surface area contributed by atoms with Gasteiger partial charge in [-0.2, -0.15) is 0 Å². The van der Waals surface area contributed by atoms with E-state index in [1.54, 1.807) is 18.2 Å². The molecule has 0 amide bonds. The molecule has 0 aliphatic rings. The zero-order valence-corrected chi connectivity index (χ0v) is 14.2. The van der Waals surface area contributed by atoms with Gasteiger partial charge in [-0.3, -0.25) is 10.1 Å². The highest BCUT2D eigenvalue weighted by Gasteiger charge is 2.13. The number of hydrogen-bond donors (Lipinski definition) is 1. The van der Waals surface area contributed by atoms with Crippen LogP contribution in [0.4, 0.5) is 11.4 Å². The topological polar surface area (TPSA) is 55.2 Å². The first kappa shape index (κ1) is 16.4. The van der Waals surface area contributed by atoms with Crippen molar-refractivity contribution in [1.82, 2.24) is 0 Å². The Balaban J connectivity index is 2.21. The number of nitro benzene ring substituents is 1. The summed E-state index contributed by atoms with van der Waals surface area (Å²) in [7, 11) is 0. The fraction of sp³-hybridized carbons (Fsp3) is 0.0769. The average molecular weight is 410 g/mol. The molecule has 0 fully saturated rings. The van der Waals surface area contributed by atoms with E-state index < -0.39 is 4.92 Å². The van der Waals surface area contributed by atoms with Gasteiger partial charge in [0.15, 0.2) is 0 Å². The Bertz CT molecular complexity index is 687. The van der Waals surface area contributed by atoms with Gasteiger partial charge in [0.2, 0.25) is 0 Å². The van der Waals surface area contributed by atoms with Crippen LogP contribution in [-0.2, 0) is 6.54 Å². The van der Waals surface area contributed by atoms with Crippen LogP contribution in [0.5, 0.6) is 0 Å². The number of nitrogens with one attached hydrogen (secondary N) is 1. The van der Waals surface area contributed by atoms with Gasteiger partial charge in [0.1, 0.15) is 5.02 Å². The number of benzene rings is 2. The first-order chi connectivity index (χ1) is 9.88. The van der Waals surface area contributed by atoms with Crippen molar-refractivity contribution in [3.05, 3.63) is 65.6 Å². The van der Waals surface area contributed by atoms with Crippen LogP contribution in [-0.4, -0.2) is 4.92 Å². The van der Waals surface area contributed by atoms with Crippen LogP contribution < -0.4 is 5.32 Å². The second kappa shape index (κ2) is 6.83. The van der Waals surface area contributed by atoms with Gasteiger partial charge < -0.3 is 5.32 Å². The van der Waals surface area contributed by atoms with Gasteiger partial charge in [0, 0.05) is 17.1 Å². The Morgan fingerprint density at radius 2 is 1.71 bits per heavy atom. The first-order valence-electron chi connectivity index (χ1n) is 5.69. The van der Waals surface area contributed by atoms with E-state index in [2.05, 4.69) is 21.2 Å². The minimum Gasteiger partial charge on any atom is -0.379 e. The molecule has 8 heteroatoms. The van der Waals surface area contributed by atoms with Crippen molar-refractivity contribution in [3.8, 4) is 0 Å². The molecular formula is C13H8BrCl3N2O2. The molecule has 21 heavy (non-hydrogen) atoms. The first-order valence-corrected chi connectivity index (χ1v) is 7.62. The Kier molecular flexibility index (Phi) is 5.32. The highest BCUT2D eigenvalue weighted by Crippen LogP contribution is 2.34. The Labute approximate surface area is 144 Å². The molecule has 0 bridgehead atoms. The highest BCUT2D eigenvalue weighted by molar-refractivity contribution is 9.10. The van der Waals surface area contributed by atoms with Gasteiger partial charge in [-0.05, 0) is 23.8 Å². The van der Waals surface area contributed by atoms with E-state index in [0.717, 1.165) is 4.47 Å². The van der Waals surface area contributed by atoms with Crippen molar-refractivity contribution in [2.75, 3.05) is 5.32 Å². The Hall–Kier alpha value is -1.01. The van der Waals surface area contributed by atoms with Crippen molar-refractivity contribution in [3.63, 3.8) is 0 Å². The van der Waals surface area contributed by atoms with Gasteiger partial charge in [0.25, 0.3) is 5.69 Å². The maximum absolute atomic E-state index is 10.8. The fourth-order valence-electron chi connectivity index (χ4n) is 1.71. The summed E-state index contributed by atoms with van der Waals surface area (Å²) in [4.78, 5) is 10.3. The summed E-state index contributed by atoms with van der Waals surface area (Å²) in [5.41, 5.74) is 1.13. The van der Waals surface area contributed by atoms with Gasteiger partial charge in [-0.15, -0.1) is 0 Å². The molecule has 0 unspecified atom stereocenters. The van der Waals surface area contributed by atoms with Gasteiger partial charge in [-0.25, -0.2) is 0 Å². The molecule has 0 saturated heterocycles. The smallest absolute Gasteiger partial charge is 0.288 e. The third-order valence-electron chi connectivity index (χ3n) is 2.68. The van der Waals surface area contributed by atoms with Crippen molar-refractivity contribution in [1.29, 1.82) is 0 Å². The Morgan fingerprint density at radius 3 is 2.29 bits per heavy atom. The number of nitrogens with zero attached hydrogens (tertiary/aromatic N) is 1. The monoisotopic (exact) mass is 408 g/mol. The van der Waals surface area contributed by atoms with Gasteiger partial charge in [0.05, 0.1) is 20.7 Å². The maximum atomic E-state index is 10.8. The lowest BCUT2D eigenvalue weighted by atomic mass is 10.2. The predicted octanol–water partition coefficient (Wildman–Crippen LogP) is 5.93. The normalized spacial score (nSPS) is 10.5. The van der Waals surface area contributed by atoms with E-state index in [0.29, 0.717) is 27.8 Å². The summed E-state index contributed by atoms with van der Waals surface area (Å²) in [6.07, 6.45) is 0. The summed E-state index contributed by atoms with van der Waals surface area (Å²) in [5.74, 6) is 0. The minimum absolute atomic E-state index is 0.100. The van der Waals surface area contributed by atoms with Crippen molar-refractivity contribution >= 4 is 62.1 Å². The SMILES string of the molecule is O=[N+]([O-])c1cc(CNc2c(Cl)cc(Br)cc2Cl)ccc1Cl. The number of rotatable bonds is 4. The number of anilines is 1. The van der Waals surface area contributed by atoms with E-state index in [1.807, 2.05) is 0 Å². The van der Waals surface area contributed by atoms with Gasteiger partial charge >= 0.3 is 0 Å². The molecule has 0 heterocycles. The highest BCUT2D eigenvalue weighted by atomic mass is 79.9. The summed E-state index contributed by atoms with van der Waals surface area (Å²) in [5, 5.41) is 14.9. The molecule has 0 saturated carbocycles. The lowest BCUT2D eigenvalue weighted by Crippen LogP contribution is -2.01. The zero-order chi connectivity index (χ0) is 15.6. The molecule has 0 aromatic heterocycles. The molecular weight excluding hydrogens is 402 g/mol. The third-order valence-corrected chi connectivity index (χ3v) is 4.06. The number of nitro groups is 1. The molecule has 110 valence electrons. The van der Waals surface area contributed by atoms with Crippen LogP contribution in [0.2, 0.25) is 15.1 Å². The standard InChI is InChI=1S/C13H8BrCl3N2O2/c14-8-4-10(16)13(11(17)5-8)18-6-7-1-2-9(15)12(3-7)19(20)21/h1-5,18H,6H2. The summed E-state index contributed by atoms with van der Waals surface area (Å²) in [6.45, 7) is 0.332. The van der Waals surface area contributed by atoms with Crippen LogP contribution in [0, 0.1) is 10.1 Å². The zero-order valence-electron chi connectivity index (χ0n) is 10.4. The summed E-state index contributed by atoms with van der Waals surface area (Å²) >= 11 is 21.3. The maximum Gasteiger partial charge on any atom is 0.288 e. The van der Waals surface area contributed by atoms with Crippen LogP contribution in [0.15, 0.2) is 34.8 Å². The van der Waals surface area contributed by atoms with E-state index >= 15 is 0 Å². The summed E-state index contributed by atoms with van der Waals surface area (Å²) < 4.78 is 0.769. The van der Waals surface area contributed by atoms with Crippen molar-refractivity contribution in [2.45, 2.75) is 6.54 Å². The quantitative estimate of drug-likeness (QED) is 0.502. The lowest BCUT2D eigenvalue weighted by molar-refractivity contribution is -0.384. The lowest BCUT2D eigenvalue weighted by Gasteiger charge is -2.11. The van der Waals surface area contributed by atoms with Crippen LogP contribution in [0.3, 0.4) is 0 Å². The predicted molar refractivity (Wildman–Crippen MR) is 89.6 cm³/mol. The van der Waals surface area contributed by atoms with Crippen molar-refractivity contribution in [2.24, 2.45) is 0 Å². The molecule has 1 N–H and O–H groups in total. The van der Waals surface area contributed by atoms with Crippen LogP contribution in [0.1, 0.15) is 5.56 Å². The summed E-state index contributed by atoms with van der Waals surface area (Å²) in [6, 6.07) is 8.01. The molecule has 0 aliphatic carbocycles. The molecule has 0 aliphatic heterocycles. The van der Waals surface area contributed by atoms with Crippen LogP contribution in [0.25, 0.3) is 0 Å². The number of halogens is 4. The van der Waals surface area contributed by atoms with E-state index in [1.165, 1.54) is 12.1 Å². The van der Waals surface area contributed by atoms with Crippen molar-refractivity contribution < 1.29 is 4.92 Å². The largest absolute Gasteiger partial charge is 0.379 e. The third kappa shape index (κ3) is 4.01. The second-order valence-electron chi connectivity index (χ2n) is 4.14. The Morgan fingerprint density at radius 1 is 1.10 bits per heavy atom. The van der Waals surface area contributed by atoms with E-state index in [-0.39, 0.29) is 10.7 Å². The van der Waals surface area contributed by atoms with E-state index in [9.17, 15) is 10.1 Å². The molecule has 2 aromatic rings. The molecule has 2 aromatic carbocycles. The molecule has 2 rings (SSSR count). The minimum atomic E-state index is -0.522. The van der Waals surface area contributed by atoms with E-state index in [4.69, 9.17) is 34.8 Å². The molecule has 0 radical (unpaired) electrons. The fourth-order valence-corrected chi connectivity index (χ4v) is 3.24.